The molecule has 0 aliphatic carbocycles. The lowest BCUT2D eigenvalue weighted by Crippen LogP contribution is -2.22. The predicted molar refractivity (Wildman–Crippen MR) is 112 cm³/mol. The van der Waals surface area contributed by atoms with Crippen LogP contribution in [0.15, 0.2) is 51.7 Å². The number of imidazole rings is 1. The van der Waals surface area contributed by atoms with Crippen molar-refractivity contribution in [2.24, 2.45) is 0 Å². The molecule has 0 radical (unpaired) electrons. The average molecular weight is 459 g/mol. The highest BCUT2D eigenvalue weighted by Crippen LogP contribution is 2.24. The van der Waals surface area contributed by atoms with Gasteiger partial charge < -0.3 is 9.47 Å². The van der Waals surface area contributed by atoms with E-state index >= 15 is 0 Å². The first-order chi connectivity index (χ1) is 13.6. The van der Waals surface area contributed by atoms with Crippen molar-refractivity contribution in [2.75, 3.05) is 13.2 Å². The number of esters is 1. The molecule has 6 nitrogen and oxygen atoms in total. The molecule has 0 saturated carbocycles. The number of ether oxygens (including phenoxy) is 2. The molecular weight excluding hydrogens is 444 g/mol. The summed E-state index contributed by atoms with van der Waals surface area (Å²) in [6.45, 7) is 1.84. The van der Waals surface area contributed by atoms with Crippen LogP contribution in [0.3, 0.4) is 0 Å². The smallest absolute Gasteiger partial charge is 0.344 e. The topological polar surface area (TPSA) is 69.9 Å². The molecule has 2 heterocycles. The predicted octanol–water partition coefficient (Wildman–Crippen LogP) is 3.16. The van der Waals surface area contributed by atoms with Crippen LogP contribution in [0.5, 0.6) is 5.75 Å². The Hall–Kier alpha value is -2.71. The number of hydrogen-bond acceptors (Lipinski definition) is 6. The van der Waals surface area contributed by atoms with Gasteiger partial charge in [0, 0.05) is 10.0 Å². The second kappa shape index (κ2) is 7.73. The summed E-state index contributed by atoms with van der Waals surface area (Å²) in [5, 5.41) is 0. The van der Waals surface area contributed by atoms with Gasteiger partial charge in [0.05, 0.1) is 22.2 Å². The fourth-order valence-corrected chi connectivity index (χ4v) is 4.21. The molecule has 142 valence electrons. The fourth-order valence-electron chi connectivity index (χ4n) is 2.86. The number of halogens is 1. The van der Waals surface area contributed by atoms with E-state index in [4.69, 9.17) is 9.47 Å². The van der Waals surface area contributed by atoms with Gasteiger partial charge in [-0.3, -0.25) is 4.79 Å². The quantitative estimate of drug-likeness (QED) is 0.429. The molecule has 4 aromatic rings. The van der Waals surface area contributed by atoms with Gasteiger partial charge in [0.25, 0.3) is 5.56 Å². The number of carbonyl (C=O) groups excluding carboxylic acids is 1. The normalized spacial score (nSPS) is 12.0. The average Bonchev–Trinajstić information content (AvgIpc) is 3.18. The molecule has 4 rings (SSSR count). The summed E-state index contributed by atoms with van der Waals surface area (Å²) in [7, 11) is 0. The minimum Gasteiger partial charge on any atom is -0.481 e. The van der Waals surface area contributed by atoms with Crippen molar-refractivity contribution in [3.05, 3.63) is 67.4 Å². The standard InChI is InChI=1S/C20H15BrN2O4S/c1-2-26-18(24)11-27-16-8-7-13(21)9-12(16)10-17-19(25)23-15-6-4-3-5-14(15)22-20(23)28-17/h3-10H,2,11H2,1H3/b17-10-. The SMILES string of the molecule is CCOC(=O)COc1ccc(Br)cc1/C=c1\sc2nc3ccccc3n2c1=O. The number of para-hydroxylation sites is 2. The Balaban J connectivity index is 1.78. The zero-order valence-electron chi connectivity index (χ0n) is 14.8. The number of carbonyl (C=O) groups is 1. The molecule has 0 aliphatic rings. The van der Waals surface area contributed by atoms with Gasteiger partial charge in [0.15, 0.2) is 11.6 Å². The van der Waals surface area contributed by atoms with E-state index in [9.17, 15) is 9.59 Å². The second-order valence-electron chi connectivity index (χ2n) is 5.91. The van der Waals surface area contributed by atoms with Crippen LogP contribution in [-0.2, 0) is 9.53 Å². The van der Waals surface area contributed by atoms with E-state index in [1.807, 2.05) is 36.4 Å². The Morgan fingerprint density at radius 2 is 2.11 bits per heavy atom. The van der Waals surface area contributed by atoms with E-state index in [0.29, 0.717) is 27.4 Å². The number of rotatable bonds is 5. The van der Waals surface area contributed by atoms with Gasteiger partial charge in [0.1, 0.15) is 5.75 Å². The van der Waals surface area contributed by atoms with E-state index in [1.165, 1.54) is 11.3 Å². The number of fused-ring (bicyclic) bond motifs is 3. The zero-order valence-corrected chi connectivity index (χ0v) is 17.2. The van der Waals surface area contributed by atoms with Crippen LogP contribution in [0.4, 0.5) is 0 Å². The summed E-state index contributed by atoms with van der Waals surface area (Å²) in [5.41, 5.74) is 2.12. The van der Waals surface area contributed by atoms with Crippen molar-refractivity contribution in [3.63, 3.8) is 0 Å². The van der Waals surface area contributed by atoms with Crippen LogP contribution >= 0.6 is 27.3 Å². The molecule has 2 aromatic carbocycles. The maximum atomic E-state index is 12.9. The van der Waals surface area contributed by atoms with Crippen molar-refractivity contribution in [2.45, 2.75) is 6.92 Å². The maximum absolute atomic E-state index is 12.9. The van der Waals surface area contributed by atoms with E-state index in [1.54, 1.807) is 23.5 Å². The Morgan fingerprint density at radius 1 is 1.29 bits per heavy atom. The number of hydrogen-bond donors (Lipinski definition) is 0. The third-order valence-corrected chi connectivity index (χ3v) is 5.52. The van der Waals surface area contributed by atoms with Crippen molar-refractivity contribution < 1.29 is 14.3 Å². The lowest BCUT2D eigenvalue weighted by molar-refractivity contribution is -0.145. The van der Waals surface area contributed by atoms with Gasteiger partial charge in [-0.2, -0.15) is 0 Å². The van der Waals surface area contributed by atoms with Crippen molar-refractivity contribution in [1.82, 2.24) is 9.38 Å². The van der Waals surface area contributed by atoms with Gasteiger partial charge >= 0.3 is 5.97 Å². The Labute approximate surface area is 172 Å². The number of nitrogens with zero attached hydrogens (tertiary/aromatic N) is 2. The number of thiazole rings is 1. The summed E-state index contributed by atoms with van der Waals surface area (Å²) >= 11 is 4.75. The summed E-state index contributed by atoms with van der Waals surface area (Å²) in [5.74, 6) is 0.0495. The monoisotopic (exact) mass is 458 g/mol. The fraction of sp³-hybridized carbons (Fsp3) is 0.150. The second-order valence-corrected chi connectivity index (χ2v) is 7.83. The van der Waals surface area contributed by atoms with Gasteiger partial charge in [-0.15, -0.1) is 0 Å². The number of benzene rings is 2. The van der Waals surface area contributed by atoms with Gasteiger partial charge in [-0.25, -0.2) is 14.2 Å². The molecule has 0 spiro atoms. The van der Waals surface area contributed by atoms with Crippen LogP contribution in [0.25, 0.3) is 22.1 Å². The molecule has 8 heteroatoms. The largest absolute Gasteiger partial charge is 0.481 e. The van der Waals surface area contributed by atoms with Gasteiger partial charge in [-0.1, -0.05) is 39.4 Å². The maximum Gasteiger partial charge on any atom is 0.344 e. The molecule has 0 bridgehead atoms. The highest BCUT2D eigenvalue weighted by atomic mass is 79.9. The first kappa shape index (κ1) is 18.6. The van der Waals surface area contributed by atoms with Gasteiger partial charge in [-0.05, 0) is 43.3 Å². The Morgan fingerprint density at radius 3 is 2.93 bits per heavy atom. The molecule has 0 unspecified atom stereocenters. The molecule has 28 heavy (non-hydrogen) atoms. The molecule has 2 aromatic heterocycles. The van der Waals surface area contributed by atoms with Crippen LogP contribution < -0.4 is 14.8 Å². The first-order valence-corrected chi connectivity index (χ1v) is 10.2. The number of aromatic nitrogens is 2. The van der Waals surface area contributed by atoms with E-state index in [2.05, 4.69) is 20.9 Å². The van der Waals surface area contributed by atoms with Crippen molar-refractivity contribution in [1.29, 1.82) is 0 Å². The molecule has 0 aliphatic heterocycles. The summed E-state index contributed by atoms with van der Waals surface area (Å²) < 4.78 is 13.5. The van der Waals surface area contributed by atoms with E-state index in [0.717, 1.165) is 15.5 Å². The summed E-state index contributed by atoms with van der Waals surface area (Å²) in [6.07, 6.45) is 1.75. The Kier molecular flexibility index (Phi) is 5.15. The van der Waals surface area contributed by atoms with E-state index in [-0.39, 0.29) is 12.2 Å². The first-order valence-electron chi connectivity index (χ1n) is 8.56. The highest BCUT2D eigenvalue weighted by Gasteiger charge is 2.12. The van der Waals surface area contributed by atoms with Crippen molar-refractivity contribution >= 4 is 55.3 Å². The lowest BCUT2D eigenvalue weighted by atomic mass is 10.2. The lowest BCUT2D eigenvalue weighted by Gasteiger charge is -2.09. The summed E-state index contributed by atoms with van der Waals surface area (Å²) in [4.78, 5) is 29.7. The minimum absolute atomic E-state index is 0.134. The third-order valence-electron chi connectivity index (χ3n) is 4.05. The van der Waals surface area contributed by atoms with Crippen LogP contribution in [-0.4, -0.2) is 28.6 Å². The summed E-state index contributed by atoms with van der Waals surface area (Å²) in [6, 6.07) is 12.9. The molecule has 0 atom stereocenters. The zero-order chi connectivity index (χ0) is 19.7. The molecule has 0 amide bonds. The Bertz CT molecular complexity index is 1300. The third kappa shape index (κ3) is 3.53. The molecular formula is C20H15BrN2O4S. The molecule has 0 fully saturated rings. The molecule has 0 saturated heterocycles. The molecule has 0 N–H and O–H groups in total. The van der Waals surface area contributed by atoms with E-state index < -0.39 is 5.97 Å². The van der Waals surface area contributed by atoms with Crippen LogP contribution in [0.2, 0.25) is 0 Å². The van der Waals surface area contributed by atoms with Crippen LogP contribution in [0.1, 0.15) is 12.5 Å². The van der Waals surface area contributed by atoms with Crippen LogP contribution in [0, 0.1) is 0 Å². The van der Waals surface area contributed by atoms with Gasteiger partial charge in [0.2, 0.25) is 0 Å². The minimum atomic E-state index is -0.443. The van der Waals surface area contributed by atoms with Crippen molar-refractivity contribution in [3.8, 4) is 5.75 Å². The highest BCUT2D eigenvalue weighted by molar-refractivity contribution is 9.10.